The molecule has 0 N–H and O–H groups in total. The molecular weight excluding hydrogens is 192 g/mol. The van der Waals surface area contributed by atoms with Crippen LogP contribution >= 0.6 is 0 Å². The van der Waals surface area contributed by atoms with Crippen molar-refractivity contribution in [1.82, 2.24) is 0 Å². The van der Waals surface area contributed by atoms with E-state index in [0.29, 0.717) is 12.8 Å². The fourth-order valence-electron chi connectivity index (χ4n) is 1.38. The molecule has 0 aromatic heterocycles. The molecule has 0 bridgehead atoms. The summed E-state index contributed by atoms with van der Waals surface area (Å²) in [7, 11) is 0. The zero-order valence-electron chi connectivity index (χ0n) is 10.4. The average Bonchev–Trinajstić information content (AvgIpc) is 2.01. The third-order valence-corrected chi connectivity index (χ3v) is 2.18. The van der Waals surface area contributed by atoms with Crippen LogP contribution in [0.25, 0.3) is 0 Å². The maximum Gasteiger partial charge on any atom is 0.306 e. The van der Waals surface area contributed by atoms with Crippen molar-refractivity contribution in [3.63, 3.8) is 0 Å². The van der Waals surface area contributed by atoms with E-state index < -0.39 is 5.60 Å². The van der Waals surface area contributed by atoms with Gasteiger partial charge in [0.25, 0.3) is 0 Å². The first-order valence-electron chi connectivity index (χ1n) is 5.48. The van der Waals surface area contributed by atoms with E-state index in [0.717, 1.165) is 6.42 Å². The van der Waals surface area contributed by atoms with Gasteiger partial charge in [0.2, 0.25) is 0 Å². The smallest absolute Gasteiger partial charge is 0.306 e. The zero-order chi connectivity index (χ0) is 12.1. The predicted octanol–water partition coefficient (Wildman–Crippen LogP) is 2.72. The molecular formula is C12H22O3. The van der Waals surface area contributed by atoms with Gasteiger partial charge in [0, 0.05) is 12.3 Å². The quantitative estimate of drug-likeness (QED) is 0.661. The Bertz CT molecular complexity index is 226. The first-order chi connectivity index (χ1) is 6.76. The lowest BCUT2D eigenvalue weighted by atomic mass is 9.96. The van der Waals surface area contributed by atoms with E-state index in [1.807, 2.05) is 27.7 Å². The van der Waals surface area contributed by atoms with Gasteiger partial charge in [-0.05, 0) is 40.5 Å². The van der Waals surface area contributed by atoms with Gasteiger partial charge in [-0.25, -0.2) is 0 Å². The van der Waals surface area contributed by atoms with Crippen LogP contribution < -0.4 is 0 Å². The van der Waals surface area contributed by atoms with E-state index in [4.69, 9.17) is 4.74 Å². The topological polar surface area (TPSA) is 43.4 Å². The molecule has 0 saturated heterocycles. The summed E-state index contributed by atoms with van der Waals surface area (Å²) in [5, 5.41) is 0. The molecule has 0 rings (SSSR count). The molecule has 0 amide bonds. The number of ether oxygens (including phenoxy) is 1. The van der Waals surface area contributed by atoms with Crippen LogP contribution in [0, 0.1) is 5.92 Å². The first kappa shape index (κ1) is 14.1. The third-order valence-electron chi connectivity index (χ3n) is 2.18. The normalized spacial score (nSPS) is 13.4. The van der Waals surface area contributed by atoms with Crippen molar-refractivity contribution in [2.75, 3.05) is 0 Å². The van der Waals surface area contributed by atoms with Crippen LogP contribution in [-0.4, -0.2) is 17.4 Å². The van der Waals surface area contributed by atoms with Crippen molar-refractivity contribution in [3.05, 3.63) is 0 Å². The van der Waals surface area contributed by atoms with Gasteiger partial charge in [-0.3, -0.25) is 9.59 Å². The summed E-state index contributed by atoms with van der Waals surface area (Å²) in [6.45, 7) is 9.05. The Hall–Kier alpha value is -0.860. The zero-order valence-corrected chi connectivity index (χ0v) is 10.4. The molecule has 0 spiro atoms. The molecule has 15 heavy (non-hydrogen) atoms. The van der Waals surface area contributed by atoms with Crippen molar-refractivity contribution >= 4 is 11.8 Å². The largest absolute Gasteiger partial charge is 0.460 e. The lowest BCUT2D eigenvalue weighted by molar-refractivity contribution is -0.155. The second-order valence-electron chi connectivity index (χ2n) is 4.84. The lowest BCUT2D eigenvalue weighted by Crippen LogP contribution is -2.24. The molecule has 0 heterocycles. The Balaban J connectivity index is 3.94. The lowest BCUT2D eigenvalue weighted by Gasteiger charge is -2.20. The summed E-state index contributed by atoms with van der Waals surface area (Å²) in [4.78, 5) is 22.5. The van der Waals surface area contributed by atoms with Crippen molar-refractivity contribution in [2.45, 2.75) is 59.5 Å². The molecule has 0 saturated carbocycles. The maximum atomic E-state index is 11.4. The maximum absolute atomic E-state index is 11.4. The number of rotatable bonds is 5. The predicted molar refractivity (Wildman–Crippen MR) is 59.5 cm³/mol. The van der Waals surface area contributed by atoms with Crippen LogP contribution in [0.3, 0.4) is 0 Å². The third kappa shape index (κ3) is 7.11. The Kier molecular flexibility index (Phi) is 5.55. The molecule has 3 heteroatoms. The summed E-state index contributed by atoms with van der Waals surface area (Å²) < 4.78 is 5.16. The van der Waals surface area contributed by atoms with Gasteiger partial charge < -0.3 is 4.74 Å². The highest BCUT2D eigenvalue weighted by Gasteiger charge is 2.18. The summed E-state index contributed by atoms with van der Waals surface area (Å²) >= 11 is 0. The average molecular weight is 214 g/mol. The minimum Gasteiger partial charge on any atom is -0.460 e. The van der Waals surface area contributed by atoms with Gasteiger partial charge >= 0.3 is 5.97 Å². The number of carbonyl (C=O) groups is 2. The molecule has 1 unspecified atom stereocenters. The molecule has 0 radical (unpaired) electrons. The molecule has 0 aromatic rings. The van der Waals surface area contributed by atoms with Crippen LogP contribution in [0.15, 0.2) is 0 Å². The van der Waals surface area contributed by atoms with Crippen LogP contribution in [0.2, 0.25) is 0 Å². The molecule has 0 aliphatic rings. The second kappa shape index (κ2) is 5.89. The molecule has 0 fully saturated rings. The highest BCUT2D eigenvalue weighted by Crippen LogP contribution is 2.15. The molecule has 88 valence electrons. The Labute approximate surface area is 92.2 Å². The molecule has 0 aliphatic carbocycles. The summed E-state index contributed by atoms with van der Waals surface area (Å²) in [5.74, 6) is -0.0687. The number of hydrogen-bond acceptors (Lipinski definition) is 3. The fraction of sp³-hybridized carbons (Fsp3) is 0.833. The highest BCUT2D eigenvalue weighted by molar-refractivity contribution is 5.79. The summed E-state index contributed by atoms with van der Waals surface area (Å²) in [6, 6.07) is 0. The Morgan fingerprint density at radius 3 is 2.13 bits per heavy atom. The summed E-state index contributed by atoms with van der Waals surface area (Å²) in [6.07, 6.45) is 1.72. The van der Waals surface area contributed by atoms with E-state index in [-0.39, 0.29) is 17.7 Å². The van der Waals surface area contributed by atoms with Crippen molar-refractivity contribution < 1.29 is 14.3 Å². The molecule has 3 nitrogen and oxygen atoms in total. The SMILES string of the molecule is CCC(CCC(=O)OC(C)(C)C)C(C)=O. The van der Waals surface area contributed by atoms with Crippen molar-refractivity contribution in [1.29, 1.82) is 0 Å². The van der Waals surface area contributed by atoms with E-state index >= 15 is 0 Å². The first-order valence-corrected chi connectivity index (χ1v) is 5.48. The summed E-state index contributed by atoms with van der Waals surface area (Å²) in [5.41, 5.74) is -0.435. The molecule has 1 atom stereocenters. The van der Waals surface area contributed by atoms with Gasteiger partial charge in [0.15, 0.2) is 0 Å². The van der Waals surface area contributed by atoms with Gasteiger partial charge in [-0.1, -0.05) is 6.92 Å². The number of carbonyl (C=O) groups excluding carboxylic acids is 2. The van der Waals surface area contributed by atoms with Crippen molar-refractivity contribution in [2.24, 2.45) is 5.92 Å². The second-order valence-corrected chi connectivity index (χ2v) is 4.84. The minimum absolute atomic E-state index is 0.00230. The van der Waals surface area contributed by atoms with Crippen molar-refractivity contribution in [3.8, 4) is 0 Å². The van der Waals surface area contributed by atoms with Gasteiger partial charge in [0.1, 0.15) is 11.4 Å². The minimum atomic E-state index is -0.435. The number of hydrogen-bond donors (Lipinski definition) is 0. The molecule has 0 aromatic carbocycles. The number of esters is 1. The van der Waals surface area contributed by atoms with E-state index in [1.165, 1.54) is 0 Å². The number of Topliss-reactive ketones (excluding diaryl/α,β-unsaturated/α-hetero) is 1. The van der Waals surface area contributed by atoms with Crippen LogP contribution in [-0.2, 0) is 14.3 Å². The fourth-order valence-corrected chi connectivity index (χ4v) is 1.38. The monoisotopic (exact) mass is 214 g/mol. The van der Waals surface area contributed by atoms with Crippen LogP contribution in [0.5, 0.6) is 0 Å². The highest BCUT2D eigenvalue weighted by atomic mass is 16.6. The molecule has 0 aliphatic heterocycles. The number of ketones is 1. The standard InChI is InChI=1S/C12H22O3/c1-6-10(9(2)13)7-8-11(14)15-12(3,4)5/h10H,6-8H2,1-5H3. The Morgan fingerprint density at radius 1 is 1.27 bits per heavy atom. The van der Waals surface area contributed by atoms with Crippen LogP contribution in [0.4, 0.5) is 0 Å². The van der Waals surface area contributed by atoms with Gasteiger partial charge in [0.05, 0.1) is 0 Å². The van der Waals surface area contributed by atoms with E-state index in [9.17, 15) is 9.59 Å². The van der Waals surface area contributed by atoms with Crippen LogP contribution in [0.1, 0.15) is 53.9 Å². The Morgan fingerprint density at radius 2 is 1.80 bits per heavy atom. The van der Waals surface area contributed by atoms with Gasteiger partial charge in [-0.15, -0.1) is 0 Å². The van der Waals surface area contributed by atoms with E-state index in [2.05, 4.69) is 0 Å². The van der Waals surface area contributed by atoms with Gasteiger partial charge in [-0.2, -0.15) is 0 Å². The van der Waals surface area contributed by atoms with E-state index in [1.54, 1.807) is 6.92 Å².